The summed E-state index contributed by atoms with van der Waals surface area (Å²) in [7, 11) is 0. The number of aryl methyl sites for hydroxylation is 3. The van der Waals surface area contributed by atoms with Crippen LogP contribution in [0.1, 0.15) is 53.5 Å². The first-order chi connectivity index (χ1) is 25.4. The molecule has 270 valence electrons. The Morgan fingerprint density at radius 1 is 0.660 bits per heavy atom. The molecule has 0 amide bonds. The van der Waals surface area contributed by atoms with Crippen molar-refractivity contribution in [2.75, 3.05) is 36.0 Å². The number of para-hydroxylation sites is 1. The van der Waals surface area contributed by atoms with Crippen molar-refractivity contribution in [2.24, 2.45) is 0 Å². The molecule has 2 aliphatic heterocycles. The first kappa shape index (κ1) is 35.2. The van der Waals surface area contributed by atoms with Crippen LogP contribution in [0.3, 0.4) is 0 Å². The second-order valence-electron chi connectivity index (χ2n) is 14.6. The van der Waals surface area contributed by atoms with E-state index in [-0.39, 0.29) is 21.1 Å². The molecule has 4 aromatic carbocycles. The smallest absolute Gasteiger partial charge is 0.509 e. The van der Waals surface area contributed by atoms with Crippen molar-refractivity contribution < 1.29 is 25.8 Å². The standard InChI is InChI=1S/C45H44N6O.Pt/c1-29-19-20-46-41(25-29)50-39-16-7-6-15-37(39)38-18-17-36(28-40(38)50)52-35-14-12-13-34(27-35)51-45(49-23-10-11-24-49)43(44(47-51)48-21-8-9-22-48)42-32(4)30(2)26-31(3)33(42)5;/h6-7,12-20,25-26H,8-11,21-24H2,1-5H3;/q-2;+2. The zero-order valence-corrected chi connectivity index (χ0v) is 33.3. The van der Waals surface area contributed by atoms with E-state index in [2.05, 4.69) is 114 Å². The van der Waals surface area contributed by atoms with Crippen LogP contribution in [-0.2, 0) is 21.1 Å². The van der Waals surface area contributed by atoms with Gasteiger partial charge < -0.3 is 19.1 Å². The van der Waals surface area contributed by atoms with Crippen LogP contribution >= 0.6 is 0 Å². The molecular formula is C45H44N6OPt. The van der Waals surface area contributed by atoms with Gasteiger partial charge in [-0.05, 0) is 123 Å². The maximum atomic E-state index is 6.61. The second-order valence-corrected chi connectivity index (χ2v) is 14.6. The summed E-state index contributed by atoms with van der Waals surface area (Å²) in [5.41, 5.74) is 11.9. The Kier molecular flexibility index (Phi) is 9.40. The van der Waals surface area contributed by atoms with Crippen LogP contribution in [0.15, 0.2) is 79.0 Å². The van der Waals surface area contributed by atoms with Crippen molar-refractivity contribution >= 4 is 33.4 Å². The van der Waals surface area contributed by atoms with E-state index in [1.807, 2.05) is 30.5 Å². The van der Waals surface area contributed by atoms with Crippen LogP contribution < -0.4 is 14.5 Å². The fourth-order valence-corrected chi connectivity index (χ4v) is 8.30. The summed E-state index contributed by atoms with van der Waals surface area (Å²) in [6.07, 6.45) is 6.58. The summed E-state index contributed by atoms with van der Waals surface area (Å²) < 4.78 is 10.9. The van der Waals surface area contributed by atoms with E-state index in [0.29, 0.717) is 11.5 Å². The van der Waals surface area contributed by atoms with Gasteiger partial charge in [0.1, 0.15) is 11.6 Å². The molecule has 0 bridgehead atoms. The number of hydrogen-bond acceptors (Lipinski definition) is 5. The summed E-state index contributed by atoms with van der Waals surface area (Å²) in [5.74, 6) is 4.34. The first-order valence-corrected chi connectivity index (χ1v) is 18.7. The minimum atomic E-state index is 0. The normalized spacial score (nSPS) is 14.4. The molecule has 0 N–H and O–H groups in total. The summed E-state index contributed by atoms with van der Waals surface area (Å²) in [6, 6.07) is 32.4. The molecule has 7 nitrogen and oxygen atoms in total. The van der Waals surface area contributed by atoms with Crippen LogP contribution in [-0.4, -0.2) is 45.5 Å². The van der Waals surface area contributed by atoms with E-state index in [1.165, 1.54) is 59.1 Å². The summed E-state index contributed by atoms with van der Waals surface area (Å²) >= 11 is 0. The molecule has 0 aliphatic carbocycles. The first-order valence-electron chi connectivity index (χ1n) is 18.7. The molecule has 0 spiro atoms. The van der Waals surface area contributed by atoms with Gasteiger partial charge in [-0.2, -0.15) is 12.1 Å². The van der Waals surface area contributed by atoms with E-state index < -0.39 is 0 Å². The van der Waals surface area contributed by atoms with E-state index in [1.54, 1.807) is 0 Å². The van der Waals surface area contributed by atoms with Crippen LogP contribution in [0.5, 0.6) is 11.5 Å². The van der Waals surface area contributed by atoms with E-state index in [0.717, 1.165) is 76.7 Å². The molecule has 2 fully saturated rings. The van der Waals surface area contributed by atoms with Crippen molar-refractivity contribution in [1.82, 2.24) is 19.3 Å². The molecule has 5 heterocycles. The maximum Gasteiger partial charge on any atom is 2.00 e. The second kappa shape index (κ2) is 14.2. The van der Waals surface area contributed by atoms with Gasteiger partial charge >= 0.3 is 21.1 Å². The predicted molar refractivity (Wildman–Crippen MR) is 212 cm³/mol. The number of anilines is 2. The molecule has 0 saturated carbocycles. The topological polar surface area (TPSA) is 51.4 Å². The Hall–Kier alpha value is -4.87. The maximum absolute atomic E-state index is 6.61. The fraction of sp³-hybridized carbons (Fsp3) is 0.289. The average molecular weight is 880 g/mol. The number of fused-ring (bicyclic) bond motifs is 3. The molecule has 8 heteroatoms. The van der Waals surface area contributed by atoms with Gasteiger partial charge in [0.25, 0.3) is 0 Å². The zero-order valence-electron chi connectivity index (χ0n) is 31.1. The van der Waals surface area contributed by atoms with E-state index >= 15 is 0 Å². The van der Waals surface area contributed by atoms with Crippen molar-refractivity contribution in [3.63, 3.8) is 0 Å². The zero-order chi connectivity index (χ0) is 35.5. The molecule has 2 saturated heterocycles. The van der Waals surface area contributed by atoms with Crippen molar-refractivity contribution in [2.45, 2.75) is 60.3 Å². The Morgan fingerprint density at radius 3 is 2.09 bits per heavy atom. The molecule has 7 aromatic rings. The molecule has 53 heavy (non-hydrogen) atoms. The largest absolute Gasteiger partial charge is 2.00 e. The fourth-order valence-electron chi connectivity index (χ4n) is 8.30. The number of nitrogens with zero attached hydrogens (tertiary/aromatic N) is 6. The quantitative estimate of drug-likeness (QED) is 0.149. The van der Waals surface area contributed by atoms with Gasteiger partial charge in [-0.25, -0.2) is 9.67 Å². The molecule has 2 aliphatic rings. The Morgan fingerprint density at radius 2 is 1.36 bits per heavy atom. The summed E-state index contributed by atoms with van der Waals surface area (Å²) in [4.78, 5) is 9.78. The Balaban J connectivity index is 0.00000400. The Bertz CT molecular complexity index is 2460. The minimum Gasteiger partial charge on any atom is -0.509 e. The molecule has 0 radical (unpaired) electrons. The number of ether oxygens (including phenoxy) is 1. The van der Waals surface area contributed by atoms with Gasteiger partial charge in [-0.3, -0.25) is 0 Å². The van der Waals surface area contributed by atoms with Gasteiger partial charge in [0.15, 0.2) is 5.82 Å². The Labute approximate surface area is 326 Å². The minimum absolute atomic E-state index is 0. The van der Waals surface area contributed by atoms with Crippen molar-refractivity contribution in [3.8, 4) is 34.1 Å². The third-order valence-corrected chi connectivity index (χ3v) is 11.2. The third-order valence-electron chi connectivity index (χ3n) is 11.2. The predicted octanol–water partition coefficient (Wildman–Crippen LogP) is 10.2. The molecule has 0 unspecified atom stereocenters. The molecule has 9 rings (SSSR count). The van der Waals surface area contributed by atoms with Crippen LogP contribution in [0, 0.1) is 46.8 Å². The number of hydrogen-bond donors (Lipinski definition) is 0. The SMILES string of the molecule is Cc1ccnc(-n2c3[c-]c(Oc4[c-]c(-n5nc(N6CCCC6)c(-c6c(C)c(C)cc(C)c6C)c5N5CCCC5)ccc4)ccc3c3ccccc32)c1.[Pt+2]. The van der Waals surface area contributed by atoms with Gasteiger partial charge in [0.2, 0.25) is 0 Å². The van der Waals surface area contributed by atoms with Gasteiger partial charge in [0.05, 0.1) is 5.56 Å². The average Bonchev–Trinajstić information content (AvgIpc) is 3.97. The van der Waals surface area contributed by atoms with Crippen LogP contribution in [0.2, 0.25) is 0 Å². The van der Waals surface area contributed by atoms with E-state index in [9.17, 15) is 0 Å². The van der Waals surface area contributed by atoms with Crippen LogP contribution in [0.4, 0.5) is 11.6 Å². The van der Waals surface area contributed by atoms with Gasteiger partial charge in [-0.15, -0.1) is 40.8 Å². The van der Waals surface area contributed by atoms with E-state index in [4.69, 9.17) is 14.8 Å². The number of benzene rings is 4. The van der Waals surface area contributed by atoms with Gasteiger partial charge in [0, 0.05) is 49.4 Å². The summed E-state index contributed by atoms with van der Waals surface area (Å²) in [6.45, 7) is 15.2. The number of rotatable bonds is 7. The third kappa shape index (κ3) is 6.13. The van der Waals surface area contributed by atoms with Crippen molar-refractivity contribution in [1.29, 1.82) is 0 Å². The molecule has 3 aromatic heterocycles. The monoisotopic (exact) mass is 879 g/mol. The van der Waals surface area contributed by atoms with Crippen LogP contribution in [0.25, 0.3) is 44.4 Å². The van der Waals surface area contributed by atoms with Crippen molar-refractivity contribution in [3.05, 3.63) is 119 Å². The summed E-state index contributed by atoms with van der Waals surface area (Å²) in [5, 5.41) is 7.75. The molecular weight excluding hydrogens is 836 g/mol. The van der Waals surface area contributed by atoms with Gasteiger partial charge in [-0.1, -0.05) is 29.8 Å². The molecule has 0 atom stereocenters. The number of pyridine rings is 1. The number of aromatic nitrogens is 4.